The summed E-state index contributed by atoms with van der Waals surface area (Å²) in [7, 11) is 0. The first-order chi connectivity index (χ1) is 7.43. The van der Waals surface area contributed by atoms with E-state index in [1.54, 1.807) is 6.26 Å². The van der Waals surface area contributed by atoms with Gasteiger partial charge in [0.15, 0.2) is 0 Å². The summed E-state index contributed by atoms with van der Waals surface area (Å²) in [5, 5.41) is 1.13. The minimum Gasteiger partial charge on any atom is -0.464 e. The van der Waals surface area contributed by atoms with Crippen LogP contribution >= 0.6 is 0 Å². The lowest BCUT2D eigenvalue weighted by molar-refractivity contribution is 0.582. The predicted molar refractivity (Wildman–Crippen MR) is 59.4 cm³/mol. The lowest BCUT2D eigenvalue weighted by Crippen LogP contribution is -1.80. The minimum absolute atomic E-state index is 0.855. The number of fused-ring (bicyclic) bond motifs is 1. The van der Waals surface area contributed by atoms with Crippen LogP contribution in [0.5, 0.6) is 0 Å². The molecule has 2 heterocycles. The van der Waals surface area contributed by atoms with Gasteiger partial charge in [0.2, 0.25) is 0 Å². The van der Waals surface area contributed by atoms with E-state index in [1.165, 1.54) is 0 Å². The SMILES string of the molecule is c1coc(-c2cnc3ccccc3c2)c1. The summed E-state index contributed by atoms with van der Waals surface area (Å²) in [5.74, 6) is 0.855. The topological polar surface area (TPSA) is 26.0 Å². The number of nitrogens with zero attached hydrogens (tertiary/aromatic N) is 1. The van der Waals surface area contributed by atoms with Crippen molar-refractivity contribution in [1.82, 2.24) is 4.98 Å². The van der Waals surface area contributed by atoms with E-state index in [4.69, 9.17) is 4.42 Å². The number of furan rings is 1. The molecule has 3 rings (SSSR count). The van der Waals surface area contributed by atoms with Crippen LogP contribution in [0.15, 0.2) is 59.3 Å². The van der Waals surface area contributed by atoms with Crippen molar-refractivity contribution in [3.05, 3.63) is 54.9 Å². The van der Waals surface area contributed by atoms with Crippen LogP contribution in [0.3, 0.4) is 0 Å². The van der Waals surface area contributed by atoms with Crippen LogP contribution in [0.1, 0.15) is 0 Å². The Morgan fingerprint density at radius 2 is 1.93 bits per heavy atom. The van der Waals surface area contributed by atoms with Crippen LogP contribution in [0.2, 0.25) is 0 Å². The van der Waals surface area contributed by atoms with Gasteiger partial charge >= 0.3 is 0 Å². The van der Waals surface area contributed by atoms with E-state index in [0.29, 0.717) is 0 Å². The molecule has 0 atom stereocenters. The number of para-hydroxylation sites is 1. The Hall–Kier alpha value is -2.09. The van der Waals surface area contributed by atoms with Gasteiger partial charge in [-0.3, -0.25) is 4.98 Å². The summed E-state index contributed by atoms with van der Waals surface area (Å²) in [6, 6.07) is 13.9. The fourth-order valence-corrected chi connectivity index (χ4v) is 1.65. The van der Waals surface area contributed by atoms with Crippen molar-refractivity contribution in [1.29, 1.82) is 0 Å². The highest BCUT2D eigenvalue weighted by Crippen LogP contribution is 2.22. The van der Waals surface area contributed by atoms with Crippen LogP contribution in [-0.2, 0) is 0 Å². The third kappa shape index (κ3) is 1.40. The molecule has 0 aliphatic rings. The fourth-order valence-electron chi connectivity index (χ4n) is 1.65. The van der Waals surface area contributed by atoms with Crippen LogP contribution in [0.4, 0.5) is 0 Å². The maximum absolute atomic E-state index is 5.33. The van der Waals surface area contributed by atoms with Gasteiger partial charge in [0, 0.05) is 17.1 Å². The standard InChI is InChI=1S/C13H9NO/c1-2-5-12-10(4-1)8-11(9-14-12)13-6-3-7-15-13/h1-9H. The quantitative estimate of drug-likeness (QED) is 0.594. The highest BCUT2D eigenvalue weighted by molar-refractivity contribution is 5.82. The number of aromatic nitrogens is 1. The molecule has 0 radical (unpaired) electrons. The van der Waals surface area contributed by atoms with Gasteiger partial charge in [0.25, 0.3) is 0 Å². The van der Waals surface area contributed by atoms with E-state index < -0.39 is 0 Å². The molecule has 0 fully saturated rings. The van der Waals surface area contributed by atoms with Gasteiger partial charge in [-0.05, 0) is 24.3 Å². The van der Waals surface area contributed by atoms with Gasteiger partial charge in [0.1, 0.15) is 5.76 Å². The van der Waals surface area contributed by atoms with Gasteiger partial charge < -0.3 is 4.42 Å². The molecular weight excluding hydrogens is 186 g/mol. The summed E-state index contributed by atoms with van der Waals surface area (Å²) in [4.78, 5) is 4.38. The van der Waals surface area contributed by atoms with Crippen LogP contribution in [0.25, 0.3) is 22.2 Å². The van der Waals surface area contributed by atoms with Gasteiger partial charge in [0.05, 0.1) is 11.8 Å². The van der Waals surface area contributed by atoms with Crippen molar-refractivity contribution < 1.29 is 4.42 Å². The van der Waals surface area contributed by atoms with E-state index in [2.05, 4.69) is 17.1 Å². The maximum Gasteiger partial charge on any atom is 0.135 e. The Balaban J connectivity index is 2.22. The second-order valence-electron chi connectivity index (χ2n) is 3.39. The molecule has 0 saturated heterocycles. The highest BCUT2D eigenvalue weighted by atomic mass is 16.3. The van der Waals surface area contributed by atoms with Crippen molar-refractivity contribution in [2.75, 3.05) is 0 Å². The van der Waals surface area contributed by atoms with Crippen molar-refractivity contribution in [3.63, 3.8) is 0 Å². The Labute approximate surface area is 87.2 Å². The fraction of sp³-hybridized carbons (Fsp3) is 0. The largest absolute Gasteiger partial charge is 0.464 e. The zero-order chi connectivity index (χ0) is 10.1. The Bertz CT molecular complexity index is 584. The van der Waals surface area contributed by atoms with Crippen molar-refractivity contribution in [3.8, 4) is 11.3 Å². The van der Waals surface area contributed by atoms with Crippen LogP contribution in [0, 0.1) is 0 Å². The van der Waals surface area contributed by atoms with E-state index in [-0.39, 0.29) is 0 Å². The molecule has 0 N–H and O–H groups in total. The third-order valence-electron chi connectivity index (χ3n) is 2.40. The average Bonchev–Trinajstić information content (AvgIpc) is 2.82. The molecule has 0 amide bonds. The number of hydrogen-bond donors (Lipinski definition) is 0. The van der Waals surface area contributed by atoms with E-state index >= 15 is 0 Å². The zero-order valence-corrected chi connectivity index (χ0v) is 8.05. The minimum atomic E-state index is 0.855. The molecule has 2 nitrogen and oxygen atoms in total. The van der Waals surface area contributed by atoms with Crippen molar-refractivity contribution >= 4 is 10.9 Å². The van der Waals surface area contributed by atoms with Crippen LogP contribution in [-0.4, -0.2) is 4.98 Å². The predicted octanol–water partition coefficient (Wildman–Crippen LogP) is 3.49. The lowest BCUT2D eigenvalue weighted by Gasteiger charge is -1.99. The summed E-state index contributed by atoms with van der Waals surface area (Å²) < 4.78 is 5.33. The van der Waals surface area contributed by atoms with E-state index in [1.807, 2.05) is 36.5 Å². The zero-order valence-electron chi connectivity index (χ0n) is 8.05. The lowest BCUT2D eigenvalue weighted by atomic mass is 10.1. The molecule has 15 heavy (non-hydrogen) atoms. The van der Waals surface area contributed by atoms with Gasteiger partial charge in [-0.15, -0.1) is 0 Å². The molecule has 0 spiro atoms. The summed E-state index contributed by atoms with van der Waals surface area (Å²) in [5.41, 5.74) is 2.02. The monoisotopic (exact) mass is 195 g/mol. The molecule has 0 aliphatic heterocycles. The molecule has 2 heteroatoms. The molecular formula is C13H9NO. The first-order valence-corrected chi connectivity index (χ1v) is 4.82. The van der Waals surface area contributed by atoms with E-state index in [0.717, 1.165) is 22.2 Å². The van der Waals surface area contributed by atoms with Gasteiger partial charge in [-0.2, -0.15) is 0 Å². The van der Waals surface area contributed by atoms with E-state index in [9.17, 15) is 0 Å². The first-order valence-electron chi connectivity index (χ1n) is 4.82. The Kier molecular flexibility index (Phi) is 1.78. The molecule has 2 aromatic heterocycles. The third-order valence-corrected chi connectivity index (χ3v) is 2.40. The molecule has 0 saturated carbocycles. The summed E-state index contributed by atoms with van der Waals surface area (Å²) >= 11 is 0. The van der Waals surface area contributed by atoms with Crippen molar-refractivity contribution in [2.24, 2.45) is 0 Å². The average molecular weight is 195 g/mol. The summed E-state index contributed by atoms with van der Waals surface area (Å²) in [6.45, 7) is 0. The Morgan fingerprint density at radius 1 is 1.00 bits per heavy atom. The molecule has 1 aromatic carbocycles. The molecule has 3 aromatic rings. The number of rotatable bonds is 1. The van der Waals surface area contributed by atoms with Gasteiger partial charge in [-0.25, -0.2) is 0 Å². The molecule has 0 aliphatic carbocycles. The first kappa shape index (κ1) is 8.24. The maximum atomic E-state index is 5.33. The summed E-state index contributed by atoms with van der Waals surface area (Å²) in [6.07, 6.45) is 3.51. The number of benzene rings is 1. The number of pyridine rings is 1. The smallest absolute Gasteiger partial charge is 0.135 e. The van der Waals surface area contributed by atoms with Gasteiger partial charge in [-0.1, -0.05) is 18.2 Å². The van der Waals surface area contributed by atoms with Crippen LogP contribution < -0.4 is 0 Å². The second kappa shape index (κ2) is 3.24. The second-order valence-corrected chi connectivity index (χ2v) is 3.39. The highest BCUT2D eigenvalue weighted by Gasteiger charge is 2.01. The van der Waals surface area contributed by atoms with Crippen molar-refractivity contribution in [2.45, 2.75) is 0 Å². The molecule has 0 bridgehead atoms. The molecule has 0 unspecified atom stereocenters. The Morgan fingerprint density at radius 3 is 2.80 bits per heavy atom. The normalized spacial score (nSPS) is 10.7. The number of hydrogen-bond acceptors (Lipinski definition) is 2. The molecule has 72 valence electrons.